The number of nitrogens with zero attached hydrogens (tertiary/aromatic N) is 5. The maximum Gasteiger partial charge on any atom is 0.290 e. The highest BCUT2D eigenvalue weighted by Crippen LogP contribution is 2.32. The number of amides is 1. The number of morpholine rings is 1. The second-order valence-electron chi connectivity index (χ2n) is 9.82. The van der Waals surface area contributed by atoms with Gasteiger partial charge in [0.2, 0.25) is 0 Å². The van der Waals surface area contributed by atoms with Crippen molar-refractivity contribution in [2.75, 3.05) is 18.4 Å². The number of aromatic nitrogens is 2. The van der Waals surface area contributed by atoms with E-state index in [1.807, 2.05) is 36.8 Å². The minimum Gasteiger partial charge on any atom is -0.483 e. The first-order valence-corrected chi connectivity index (χ1v) is 12.8. The van der Waals surface area contributed by atoms with Crippen molar-refractivity contribution in [3.8, 4) is 11.1 Å². The molecular weight excluding hydrogens is 496 g/mol. The molecular formula is C29H30N6O4. The van der Waals surface area contributed by atoms with E-state index in [2.05, 4.69) is 56.1 Å². The molecule has 0 bridgehead atoms. The van der Waals surface area contributed by atoms with Crippen molar-refractivity contribution in [3.63, 3.8) is 0 Å². The molecule has 0 radical (unpaired) electrons. The maximum absolute atomic E-state index is 13.3. The molecule has 0 saturated carbocycles. The van der Waals surface area contributed by atoms with Crippen molar-refractivity contribution < 1.29 is 19.4 Å². The van der Waals surface area contributed by atoms with Gasteiger partial charge in [-0.3, -0.25) is 29.5 Å². The van der Waals surface area contributed by atoms with E-state index >= 15 is 0 Å². The summed E-state index contributed by atoms with van der Waals surface area (Å²) in [5.41, 5.74) is 8.02. The number of hydrogen-bond acceptors (Lipinski definition) is 8. The van der Waals surface area contributed by atoms with E-state index in [0.717, 1.165) is 58.0 Å². The molecule has 39 heavy (non-hydrogen) atoms. The maximum atomic E-state index is 13.3. The largest absolute Gasteiger partial charge is 0.483 e. The van der Waals surface area contributed by atoms with E-state index in [9.17, 15) is 4.79 Å². The Balaban J connectivity index is 0.000000983. The van der Waals surface area contributed by atoms with Crippen LogP contribution in [0.4, 0.5) is 5.69 Å². The lowest BCUT2D eigenvalue weighted by Crippen LogP contribution is -2.45. The van der Waals surface area contributed by atoms with Crippen LogP contribution in [0.25, 0.3) is 11.1 Å². The van der Waals surface area contributed by atoms with Crippen molar-refractivity contribution in [2.45, 2.75) is 45.7 Å². The lowest BCUT2D eigenvalue weighted by Gasteiger charge is -2.35. The van der Waals surface area contributed by atoms with Gasteiger partial charge in [-0.15, -0.1) is 0 Å². The molecule has 1 aromatic carbocycles. The van der Waals surface area contributed by atoms with Crippen molar-refractivity contribution in [3.05, 3.63) is 76.4 Å². The highest BCUT2D eigenvalue weighted by Gasteiger charge is 2.23. The van der Waals surface area contributed by atoms with Crippen LogP contribution in [0.5, 0.6) is 0 Å². The molecule has 5 heterocycles. The van der Waals surface area contributed by atoms with Gasteiger partial charge in [0, 0.05) is 55.0 Å². The van der Waals surface area contributed by atoms with Crippen LogP contribution in [0.3, 0.4) is 0 Å². The summed E-state index contributed by atoms with van der Waals surface area (Å²) in [6, 6.07) is 11.8. The van der Waals surface area contributed by atoms with Gasteiger partial charge in [-0.2, -0.15) is 0 Å². The molecule has 3 aliphatic rings. The summed E-state index contributed by atoms with van der Waals surface area (Å²) >= 11 is 0. The Morgan fingerprint density at radius 3 is 2.67 bits per heavy atom. The van der Waals surface area contributed by atoms with Gasteiger partial charge < -0.3 is 15.2 Å². The Bertz CT molecular complexity index is 1440. The zero-order chi connectivity index (χ0) is 27.4. The second-order valence-corrected chi connectivity index (χ2v) is 9.82. The van der Waals surface area contributed by atoms with E-state index < -0.39 is 0 Å². The predicted octanol–water partition coefficient (Wildman–Crippen LogP) is 3.57. The van der Waals surface area contributed by atoms with Gasteiger partial charge in [-0.05, 0) is 55.3 Å². The first-order chi connectivity index (χ1) is 18.9. The zero-order valence-corrected chi connectivity index (χ0v) is 21.9. The lowest BCUT2D eigenvalue weighted by atomic mass is 9.98. The molecule has 0 unspecified atom stereocenters. The third-order valence-electron chi connectivity index (χ3n) is 6.72. The molecule has 3 aromatic rings. The fourth-order valence-electron chi connectivity index (χ4n) is 5.17. The van der Waals surface area contributed by atoms with Crippen molar-refractivity contribution >= 4 is 30.5 Å². The summed E-state index contributed by atoms with van der Waals surface area (Å²) in [5, 5.41) is 9.98. The van der Waals surface area contributed by atoms with Gasteiger partial charge in [0.1, 0.15) is 5.69 Å². The van der Waals surface area contributed by atoms with Gasteiger partial charge in [0.25, 0.3) is 12.4 Å². The lowest BCUT2D eigenvalue weighted by molar-refractivity contribution is -0.122. The monoisotopic (exact) mass is 526 g/mol. The zero-order valence-electron chi connectivity index (χ0n) is 21.9. The highest BCUT2D eigenvalue weighted by atomic mass is 16.5. The van der Waals surface area contributed by atoms with Crippen molar-refractivity contribution in [1.29, 1.82) is 0 Å². The van der Waals surface area contributed by atoms with Gasteiger partial charge >= 0.3 is 0 Å². The second kappa shape index (κ2) is 11.6. The molecule has 10 heteroatoms. The normalized spacial score (nSPS) is 19.1. The summed E-state index contributed by atoms with van der Waals surface area (Å²) in [6.07, 6.45) is 5.93. The van der Waals surface area contributed by atoms with Crippen LogP contribution in [-0.4, -0.2) is 70.1 Å². The first-order valence-electron chi connectivity index (χ1n) is 12.8. The van der Waals surface area contributed by atoms with Crippen LogP contribution < -0.4 is 5.32 Å². The molecule has 1 fully saturated rings. The minimum atomic E-state index is -0.250. The van der Waals surface area contributed by atoms with Crippen molar-refractivity contribution in [1.82, 2.24) is 14.9 Å². The highest BCUT2D eigenvalue weighted by molar-refractivity contribution is 6.07. The topological polar surface area (TPSA) is 129 Å². The Kier molecular flexibility index (Phi) is 7.85. The molecule has 2 atom stereocenters. The van der Waals surface area contributed by atoms with E-state index in [1.165, 1.54) is 0 Å². The third-order valence-corrected chi connectivity index (χ3v) is 6.72. The fraction of sp³-hybridized carbons (Fsp3) is 0.310. The summed E-state index contributed by atoms with van der Waals surface area (Å²) in [7, 11) is 0. The number of fused-ring (bicyclic) bond motifs is 2. The Labute approximate surface area is 226 Å². The van der Waals surface area contributed by atoms with Gasteiger partial charge in [-0.1, -0.05) is 6.07 Å². The quantitative estimate of drug-likeness (QED) is 0.486. The number of carbonyl (C=O) groups excluding carboxylic acids is 1. The molecule has 3 aliphatic heterocycles. The summed E-state index contributed by atoms with van der Waals surface area (Å²) in [6.45, 7) is 7.53. The summed E-state index contributed by atoms with van der Waals surface area (Å²) in [5.74, 6) is -0.237. The Morgan fingerprint density at radius 2 is 1.87 bits per heavy atom. The van der Waals surface area contributed by atoms with Crippen molar-refractivity contribution in [2.24, 2.45) is 9.98 Å². The number of carboxylic acid groups (broad SMARTS) is 1. The van der Waals surface area contributed by atoms with Crippen LogP contribution in [0.2, 0.25) is 0 Å². The Hall–Kier alpha value is -4.28. The first kappa shape index (κ1) is 26.3. The third kappa shape index (κ3) is 6.08. The molecule has 1 saturated heterocycles. The molecule has 6 rings (SSSR count). The van der Waals surface area contributed by atoms with E-state index in [1.54, 1.807) is 6.07 Å². The molecule has 200 valence electrons. The van der Waals surface area contributed by atoms with E-state index in [4.69, 9.17) is 14.6 Å². The number of anilines is 1. The van der Waals surface area contributed by atoms with Crippen LogP contribution in [0.1, 0.15) is 52.4 Å². The molecule has 0 spiro atoms. The number of benzene rings is 1. The number of carbonyl (C=O) groups is 2. The Morgan fingerprint density at radius 1 is 1.10 bits per heavy atom. The molecule has 0 aliphatic carbocycles. The summed E-state index contributed by atoms with van der Waals surface area (Å²) in [4.78, 5) is 41.9. The molecule has 2 N–H and O–H groups in total. The van der Waals surface area contributed by atoms with Crippen LogP contribution >= 0.6 is 0 Å². The summed E-state index contributed by atoms with van der Waals surface area (Å²) < 4.78 is 5.84. The number of nitrogens with one attached hydrogen (secondary N) is 1. The van der Waals surface area contributed by atoms with E-state index in [0.29, 0.717) is 25.3 Å². The standard InChI is InChI=1S/C28H28N6O2.CH2O2/c1-17-14-34(15-18(2)36-17)16-23-4-3-5-25(32-23)28(35)33-26-8-19(6-21-9-29-12-24(21)26)20-7-22-10-30-13-27(22)31-11-20;2-1-3/h3-8,10-12,17-18H,9,13-16H2,1-2H3,(H,33,35);1H,(H,2,3)/t17-,18+;. The molecule has 1 amide bonds. The average molecular weight is 527 g/mol. The number of rotatable bonds is 5. The number of ether oxygens (including phenoxy) is 1. The van der Waals surface area contributed by atoms with Crippen LogP contribution in [0.15, 0.2) is 52.6 Å². The fourth-order valence-corrected chi connectivity index (χ4v) is 5.17. The number of aliphatic imine (C=N–C) groups is 2. The van der Waals surface area contributed by atoms with Gasteiger partial charge in [0.05, 0.1) is 42.4 Å². The van der Waals surface area contributed by atoms with Gasteiger partial charge in [-0.25, -0.2) is 4.98 Å². The molecule has 10 nitrogen and oxygen atoms in total. The smallest absolute Gasteiger partial charge is 0.290 e. The number of pyridine rings is 2. The van der Waals surface area contributed by atoms with Gasteiger partial charge in [0.15, 0.2) is 0 Å². The minimum absolute atomic E-state index is 0.185. The van der Waals surface area contributed by atoms with Crippen LogP contribution in [0, 0.1) is 0 Å². The number of hydrogen-bond donors (Lipinski definition) is 2. The average Bonchev–Trinajstić information content (AvgIpc) is 3.58. The van der Waals surface area contributed by atoms with Crippen LogP contribution in [-0.2, 0) is 29.2 Å². The predicted molar refractivity (Wildman–Crippen MR) is 148 cm³/mol. The van der Waals surface area contributed by atoms with E-state index in [-0.39, 0.29) is 24.6 Å². The SMILES string of the molecule is C[C@@H]1CN(Cc2cccc(C(=O)Nc3cc(-c4cnc5c(c4)C=NC5)cc4c3C=NC4)n2)C[C@H](C)O1.O=CO. The molecule has 2 aromatic heterocycles.